The van der Waals surface area contributed by atoms with E-state index in [2.05, 4.69) is 79.4 Å². The van der Waals surface area contributed by atoms with Crippen LogP contribution in [0.1, 0.15) is 69.9 Å². The van der Waals surface area contributed by atoms with Crippen LogP contribution in [0.25, 0.3) is 22.2 Å². The molecule has 0 radical (unpaired) electrons. The monoisotopic (exact) mass is 561 g/mol. The highest BCUT2D eigenvalue weighted by Crippen LogP contribution is 2.48. The molecule has 8 heteroatoms. The Hall–Kier alpha value is -2.68. The van der Waals surface area contributed by atoms with Crippen LogP contribution in [0, 0.1) is 12.8 Å². The van der Waals surface area contributed by atoms with Gasteiger partial charge in [-0.2, -0.15) is 4.41 Å². The number of aromatic nitrogens is 1. The number of ether oxygens (including phenoxy) is 1. The summed E-state index contributed by atoms with van der Waals surface area (Å²) in [6.45, 7) is 10.0. The highest BCUT2D eigenvalue weighted by Gasteiger charge is 2.35. The van der Waals surface area contributed by atoms with E-state index in [1.165, 1.54) is 77.3 Å². The standard InChI is InChI=1S/C32H43N5O2S/c1-20-11-10-14-26-29-28(22-12-8-7-9-13-22)25-16-15-24-17-27(25)36(29)18-23(19-39-30(20)26)21(2)33-32(3,4)34-37(40-6)31(38)35(24)5/h10-11,14-17,21-23,33-34H,7-9,12-13,18-19H2,1-6H3/t21?,23-/m0/s1. The van der Waals surface area contributed by atoms with E-state index in [-0.39, 0.29) is 18.0 Å². The van der Waals surface area contributed by atoms with Gasteiger partial charge in [-0.25, -0.2) is 10.2 Å². The van der Waals surface area contributed by atoms with Gasteiger partial charge >= 0.3 is 6.03 Å². The number of aryl methyl sites for hydroxylation is 1. The van der Waals surface area contributed by atoms with Crippen molar-refractivity contribution in [3.63, 3.8) is 0 Å². The van der Waals surface area contributed by atoms with Gasteiger partial charge in [-0.3, -0.25) is 10.2 Å². The van der Waals surface area contributed by atoms with Crippen LogP contribution in [-0.4, -0.2) is 46.6 Å². The zero-order valence-electron chi connectivity index (χ0n) is 24.7. The number of hydrogen-bond acceptors (Lipinski definition) is 5. The Labute approximate surface area is 242 Å². The second-order valence-corrected chi connectivity index (χ2v) is 13.2. The van der Waals surface area contributed by atoms with E-state index >= 15 is 0 Å². The van der Waals surface area contributed by atoms with Crippen LogP contribution in [0.15, 0.2) is 36.4 Å². The molecule has 0 saturated heterocycles. The minimum atomic E-state index is -0.524. The van der Waals surface area contributed by atoms with Crippen LogP contribution in [0.2, 0.25) is 0 Å². The summed E-state index contributed by atoms with van der Waals surface area (Å²) in [6.07, 6.45) is 8.24. The van der Waals surface area contributed by atoms with E-state index in [0.29, 0.717) is 12.5 Å². The molecule has 0 spiro atoms. The molecule has 1 saturated carbocycles. The van der Waals surface area contributed by atoms with Crippen molar-refractivity contribution in [2.75, 3.05) is 24.8 Å². The highest BCUT2D eigenvalue weighted by molar-refractivity contribution is 7.96. The van der Waals surface area contributed by atoms with E-state index in [1.54, 1.807) is 9.31 Å². The SMILES string of the molecule is CSN1NC(C)(C)NC(C)[C@@H]2COc3c(C)cccc3-c3c(C4CCCCC4)c4ccc(cc4n3C2)N(C)C1=O. The van der Waals surface area contributed by atoms with Crippen LogP contribution in [-0.2, 0) is 6.54 Å². The third-order valence-electron chi connectivity index (χ3n) is 9.13. The third-order valence-corrected chi connectivity index (χ3v) is 9.75. The number of nitrogens with zero attached hydrogens (tertiary/aromatic N) is 3. The normalized spacial score (nSPS) is 23.7. The summed E-state index contributed by atoms with van der Waals surface area (Å²) in [4.78, 5) is 15.4. The van der Waals surface area contributed by atoms with Gasteiger partial charge in [0.2, 0.25) is 0 Å². The second-order valence-electron chi connectivity index (χ2n) is 12.4. The van der Waals surface area contributed by atoms with Gasteiger partial charge in [0, 0.05) is 48.4 Å². The van der Waals surface area contributed by atoms with Crippen LogP contribution < -0.4 is 20.4 Å². The van der Waals surface area contributed by atoms with Gasteiger partial charge in [-0.05, 0) is 87.7 Å². The summed E-state index contributed by atoms with van der Waals surface area (Å²) in [6, 6.07) is 13.2. The van der Waals surface area contributed by atoms with Crippen LogP contribution in [0.5, 0.6) is 5.75 Å². The highest BCUT2D eigenvalue weighted by atomic mass is 32.2. The van der Waals surface area contributed by atoms with Gasteiger partial charge < -0.3 is 9.30 Å². The minimum absolute atomic E-state index is 0.107. The molecule has 1 fully saturated rings. The maximum atomic E-state index is 13.7. The Kier molecular flexibility index (Phi) is 7.30. The van der Waals surface area contributed by atoms with Crippen molar-refractivity contribution < 1.29 is 9.53 Å². The third kappa shape index (κ3) is 4.78. The maximum absolute atomic E-state index is 13.7. The van der Waals surface area contributed by atoms with Gasteiger partial charge in [-0.1, -0.05) is 37.5 Å². The van der Waals surface area contributed by atoms with Crippen molar-refractivity contribution in [1.82, 2.24) is 19.7 Å². The molecule has 2 aliphatic heterocycles. The van der Waals surface area contributed by atoms with Crippen molar-refractivity contribution in [3.05, 3.63) is 47.5 Å². The molecular formula is C32H43N5O2S. The molecular weight excluding hydrogens is 518 g/mol. The number of hydrogen-bond donors (Lipinski definition) is 2. The molecule has 4 bridgehead atoms. The molecule has 40 heavy (non-hydrogen) atoms. The van der Waals surface area contributed by atoms with E-state index in [9.17, 15) is 4.79 Å². The second kappa shape index (κ2) is 10.6. The fraction of sp³-hybridized carbons (Fsp3) is 0.531. The average Bonchev–Trinajstić information content (AvgIpc) is 3.24. The Balaban J connectivity index is 1.65. The van der Waals surface area contributed by atoms with Crippen LogP contribution in [0.3, 0.4) is 0 Å². The summed E-state index contributed by atoms with van der Waals surface area (Å²) < 4.78 is 10.9. The summed E-state index contributed by atoms with van der Waals surface area (Å²) in [5, 5.41) is 5.11. The Morgan fingerprint density at radius 1 is 1.10 bits per heavy atom. The summed E-state index contributed by atoms with van der Waals surface area (Å²) >= 11 is 1.38. The summed E-state index contributed by atoms with van der Waals surface area (Å²) in [7, 11) is 1.87. The number of anilines is 1. The van der Waals surface area contributed by atoms with Crippen molar-refractivity contribution in [1.29, 1.82) is 0 Å². The molecule has 1 aromatic heterocycles. The van der Waals surface area contributed by atoms with Gasteiger partial charge in [0.1, 0.15) is 5.75 Å². The van der Waals surface area contributed by atoms with E-state index in [0.717, 1.165) is 18.0 Å². The zero-order chi connectivity index (χ0) is 28.2. The molecule has 3 heterocycles. The molecule has 2 amide bonds. The van der Waals surface area contributed by atoms with Crippen molar-refractivity contribution in [3.8, 4) is 17.0 Å². The molecule has 7 nitrogen and oxygen atoms in total. The lowest BCUT2D eigenvalue weighted by Crippen LogP contribution is -2.63. The summed E-state index contributed by atoms with van der Waals surface area (Å²) in [5.74, 6) is 1.74. The average molecular weight is 562 g/mol. The molecule has 1 aliphatic carbocycles. The fourth-order valence-corrected chi connectivity index (χ4v) is 7.66. The number of fused-ring (bicyclic) bond motifs is 4. The Morgan fingerprint density at radius 3 is 2.62 bits per heavy atom. The van der Waals surface area contributed by atoms with Gasteiger partial charge in [0.25, 0.3) is 0 Å². The number of rotatable bonds is 2. The van der Waals surface area contributed by atoms with Crippen LogP contribution in [0.4, 0.5) is 10.5 Å². The lowest BCUT2D eigenvalue weighted by atomic mass is 9.81. The lowest BCUT2D eigenvalue weighted by Gasteiger charge is -2.39. The van der Waals surface area contributed by atoms with E-state index < -0.39 is 5.66 Å². The van der Waals surface area contributed by atoms with E-state index in [1.807, 2.05) is 13.3 Å². The quantitative estimate of drug-likeness (QED) is 0.329. The molecule has 3 aromatic rings. The van der Waals surface area contributed by atoms with Gasteiger partial charge in [0.15, 0.2) is 0 Å². The smallest absolute Gasteiger partial charge is 0.349 e. The Bertz CT molecular complexity index is 1430. The van der Waals surface area contributed by atoms with Gasteiger partial charge in [0.05, 0.1) is 23.5 Å². The molecule has 2 N–H and O–H groups in total. The number of carbonyl (C=O) groups is 1. The first kappa shape index (κ1) is 27.5. The first-order chi connectivity index (χ1) is 19.2. The molecule has 2 atom stereocenters. The topological polar surface area (TPSA) is 61.8 Å². The fourth-order valence-electron chi connectivity index (χ4n) is 7.06. The lowest BCUT2D eigenvalue weighted by molar-refractivity contribution is 0.137. The minimum Gasteiger partial charge on any atom is -0.492 e. The van der Waals surface area contributed by atoms with Crippen molar-refractivity contribution in [2.24, 2.45) is 5.92 Å². The molecule has 1 unspecified atom stereocenters. The van der Waals surface area contributed by atoms with Crippen molar-refractivity contribution >= 4 is 34.6 Å². The number of nitrogens with one attached hydrogen (secondary N) is 2. The molecule has 6 rings (SSSR count). The largest absolute Gasteiger partial charge is 0.492 e. The number of para-hydroxylation sites is 1. The molecule has 2 aromatic carbocycles. The Morgan fingerprint density at radius 2 is 1.88 bits per heavy atom. The molecule has 214 valence electrons. The van der Waals surface area contributed by atoms with E-state index in [4.69, 9.17) is 4.74 Å². The maximum Gasteiger partial charge on any atom is 0.349 e. The zero-order valence-corrected chi connectivity index (χ0v) is 25.5. The molecule has 3 aliphatic rings. The van der Waals surface area contributed by atoms with Gasteiger partial charge in [-0.15, -0.1) is 0 Å². The predicted octanol–water partition coefficient (Wildman–Crippen LogP) is 7.04. The van der Waals surface area contributed by atoms with Crippen molar-refractivity contribution in [2.45, 2.75) is 84.0 Å². The number of hydrazine groups is 1. The first-order valence-electron chi connectivity index (χ1n) is 14.7. The summed E-state index contributed by atoms with van der Waals surface area (Å²) in [5.41, 5.74) is 10.1. The number of urea groups is 1. The predicted molar refractivity (Wildman–Crippen MR) is 166 cm³/mol. The first-order valence-corrected chi connectivity index (χ1v) is 15.9. The number of carbonyl (C=O) groups excluding carboxylic acids is 1. The van der Waals surface area contributed by atoms with Crippen LogP contribution >= 0.6 is 11.9 Å². The number of benzene rings is 2. The number of amides is 2.